The van der Waals surface area contributed by atoms with Crippen LogP contribution in [-0.4, -0.2) is 29.8 Å². The van der Waals surface area contributed by atoms with E-state index in [2.05, 4.69) is 21.6 Å². The van der Waals surface area contributed by atoms with E-state index < -0.39 is 6.10 Å². The van der Waals surface area contributed by atoms with Gasteiger partial charge in [0.1, 0.15) is 0 Å². The van der Waals surface area contributed by atoms with Gasteiger partial charge in [-0.25, -0.2) is 0 Å². The van der Waals surface area contributed by atoms with Crippen LogP contribution in [0.2, 0.25) is 0 Å². The van der Waals surface area contributed by atoms with Crippen LogP contribution >= 0.6 is 0 Å². The largest absolute Gasteiger partial charge is 0.422 e. The first-order valence-corrected chi connectivity index (χ1v) is 9.61. The average molecular weight is 369 g/mol. The SMILES string of the molecule is COC(c1ccccc1)c1nnc(CCC(=O)NCCC2=CCCCC2)o1. The van der Waals surface area contributed by atoms with Crippen molar-refractivity contribution >= 4 is 5.91 Å². The topological polar surface area (TPSA) is 77.2 Å². The lowest BCUT2D eigenvalue weighted by atomic mass is 9.97. The lowest BCUT2D eigenvalue weighted by Gasteiger charge is -2.12. The Morgan fingerprint density at radius 1 is 1.22 bits per heavy atom. The maximum absolute atomic E-state index is 12.0. The minimum absolute atomic E-state index is 0.0116. The summed E-state index contributed by atoms with van der Waals surface area (Å²) in [6, 6.07) is 9.72. The highest BCUT2D eigenvalue weighted by atomic mass is 16.5. The number of hydrogen-bond donors (Lipinski definition) is 1. The predicted octanol–water partition coefficient (Wildman–Crippen LogP) is 3.74. The van der Waals surface area contributed by atoms with Gasteiger partial charge in [-0.05, 0) is 37.7 Å². The minimum atomic E-state index is -0.398. The summed E-state index contributed by atoms with van der Waals surface area (Å²) >= 11 is 0. The number of benzene rings is 1. The van der Waals surface area contributed by atoms with E-state index in [0.29, 0.717) is 31.2 Å². The molecule has 1 N–H and O–H groups in total. The van der Waals surface area contributed by atoms with Crippen molar-refractivity contribution in [3.63, 3.8) is 0 Å². The molecule has 1 amide bonds. The maximum atomic E-state index is 12.0. The zero-order valence-electron chi connectivity index (χ0n) is 15.8. The lowest BCUT2D eigenvalue weighted by molar-refractivity contribution is -0.121. The van der Waals surface area contributed by atoms with Gasteiger partial charge < -0.3 is 14.5 Å². The van der Waals surface area contributed by atoms with Crippen LogP contribution in [-0.2, 0) is 16.0 Å². The quantitative estimate of drug-likeness (QED) is 0.681. The van der Waals surface area contributed by atoms with E-state index in [4.69, 9.17) is 9.15 Å². The summed E-state index contributed by atoms with van der Waals surface area (Å²) in [5.74, 6) is 0.869. The number of nitrogens with one attached hydrogen (secondary N) is 1. The third kappa shape index (κ3) is 5.76. The van der Waals surface area contributed by atoms with Crippen molar-refractivity contribution in [3.05, 3.63) is 59.3 Å². The summed E-state index contributed by atoms with van der Waals surface area (Å²) in [6.07, 6.45) is 8.52. The van der Waals surface area contributed by atoms with E-state index >= 15 is 0 Å². The second-order valence-corrected chi connectivity index (χ2v) is 6.77. The monoisotopic (exact) mass is 369 g/mol. The fourth-order valence-corrected chi connectivity index (χ4v) is 3.28. The molecule has 1 heterocycles. The molecule has 1 aliphatic carbocycles. The van der Waals surface area contributed by atoms with E-state index in [0.717, 1.165) is 12.0 Å². The number of aryl methyl sites for hydroxylation is 1. The number of aromatic nitrogens is 2. The molecule has 1 aliphatic rings. The molecular weight excluding hydrogens is 342 g/mol. The maximum Gasteiger partial charge on any atom is 0.249 e. The van der Waals surface area contributed by atoms with Gasteiger partial charge in [-0.15, -0.1) is 10.2 Å². The number of allylic oxidation sites excluding steroid dienone is 1. The smallest absolute Gasteiger partial charge is 0.249 e. The zero-order chi connectivity index (χ0) is 18.9. The Morgan fingerprint density at radius 2 is 2.07 bits per heavy atom. The number of carbonyl (C=O) groups is 1. The summed E-state index contributed by atoms with van der Waals surface area (Å²) in [5.41, 5.74) is 2.42. The van der Waals surface area contributed by atoms with Crippen LogP contribution in [0.4, 0.5) is 0 Å². The van der Waals surface area contributed by atoms with E-state index in [1.165, 1.54) is 31.3 Å². The first-order valence-electron chi connectivity index (χ1n) is 9.61. The molecule has 6 heteroatoms. The Morgan fingerprint density at radius 3 is 2.81 bits per heavy atom. The molecular formula is C21H27N3O3. The second kappa shape index (κ2) is 10.0. The van der Waals surface area contributed by atoms with Gasteiger partial charge in [-0.2, -0.15) is 0 Å². The van der Waals surface area contributed by atoms with Gasteiger partial charge in [-0.3, -0.25) is 4.79 Å². The fraction of sp³-hybridized carbons (Fsp3) is 0.476. The Balaban J connectivity index is 1.44. The van der Waals surface area contributed by atoms with Crippen molar-refractivity contribution in [3.8, 4) is 0 Å². The van der Waals surface area contributed by atoms with Crippen LogP contribution in [0.5, 0.6) is 0 Å². The minimum Gasteiger partial charge on any atom is -0.422 e. The summed E-state index contributed by atoms with van der Waals surface area (Å²) in [5, 5.41) is 11.1. The second-order valence-electron chi connectivity index (χ2n) is 6.77. The number of hydrogen-bond acceptors (Lipinski definition) is 5. The van der Waals surface area contributed by atoms with Crippen LogP contribution < -0.4 is 5.32 Å². The molecule has 0 radical (unpaired) electrons. The highest BCUT2D eigenvalue weighted by molar-refractivity contribution is 5.75. The van der Waals surface area contributed by atoms with Crippen molar-refractivity contribution < 1.29 is 13.9 Å². The van der Waals surface area contributed by atoms with Crippen molar-refractivity contribution in [1.29, 1.82) is 0 Å². The Bertz CT molecular complexity index is 755. The molecule has 1 unspecified atom stereocenters. The molecule has 1 atom stereocenters. The molecule has 3 rings (SSSR count). The molecule has 1 aromatic carbocycles. The predicted molar refractivity (Wildman–Crippen MR) is 102 cm³/mol. The molecule has 0 saturated heterocycles. The number of carbonyl (C=O) groups excluding carboxylic acids is 1. The lowest BCUT2D eigenvalue weighted by Crippen LogP contribution is -2.25. The number of methoxy groups -OCH3 is 1. The molecule has 0 fully saturated rings. The van der Waals surface area contributed by atoms with Crippen molar-refractivity contribution in [2.45, 2.75) is 51.0 Å². The van der Waals surface area contributed by atoms with E-state index in [-0.39, 0.29) is 5.91 Å². The van der Waals surface area contributed by atoms with Gasteiger partial charge in [0.15, 0.2) is 6.10 Å². The number of ether oxygens (including phenoxy) is 1. The highest BCUT2D eigenvalue weighted by Gasteiger charge is 2.20. The molecule has 27 heavy (non-hydrogen) atoms. The van der Waals surface area contributed by atoms with Gasteiger partial charge in [0, 0.05) is 26.5 Å². The Hall–Kier alpha value is -2.47. The van der Waals surface area contributed by atoms with Gasteiger partial charge in [0.2, 0.25) is 17.7 Å². The van der Waals surface area contributed by atoms with Crippen LogP contribution in [0.25, 0.3) is 0 Å². The van der Waals surface area contributed by atoms with Gasteiger partial charge in [0.05, 0.1) is 0 Å². The van der Waals surface area contributed by atoms with Crippen molar-refractivity contribution in [2.75, 3.05) is 13.7 Å². The van der Waals surface area contributed by atoms with E-state index in [1.54, 1.807) is 7.11 Å². The van der Waals surface area contributed by atoms with E-state index in [1.807, 2.05) is 30.3 Å². The molecule has 144 valence electrons. The Labute approximate surface area is 160 Å². The standard InChI is InChI=1S/C21H27N3O3/c1-26-20(17-10-6-3-7-11-17)21-24-23-19(27-21)13-12-18(25)22-15-14-16-8-4-2-5-9-16/h3,6-8,10-11,20H,2,4-5,9,12-15H2,1H3,(H,22,25). The summed E-state index contributed by atoms with van der Waals surface area (Å²) < 4.78 is 11.2. The Kier molecular flexibility index (Phi) is 7.16. The number of nitrogens with zero attached hydrogens (tertiary/aromatic N) is 2. The first kappa shape index (κ1) is 19.3. The van der Waals surface area contributed by atoms with Crippen molar-refractivity contribution in [2.24, 2.45) is 0 Å². The van der Waals surface area contributed by atoms with Crippen LogP contribution in [0.15, 0.2) is 46.4 Å². The molecule has 0 saturated carbocycles. The van der Waals surface area contributed by atoms with Gasteiger partial charge >= 0.3 is 0 Å². The van der Waals surface area contributed by atoms with Crippen LogP contribution in [0.3, 0.4) is 0 Å². The normalized spacial score (nSPS) is 15.2. The molecule has 0 spiro atoms. The van der Waals surface area contributed by atoms with Gasteiger partial charge in [-0.1, -0.05) is 42.0 Å². The number of rotatable bonds is 9. The molecule has 6 nitrogen and oxygen atoms in total. The van der Waals surface area contributed by atoms with Gasteiger partial charge in [0.25, 0.3) is 0 Å². The van der Waals surface area contributed by atoms with Crippen LogP contribution in [0.1, 0.15) is 62.0 Å². The molecule has 0 aliphatic heterocycles. The first-order chi connectivity index (χ1) is 13.3. The molecule has 2 aromatic rings. The number of amides is 1. The summed E-state index contributed by atoms with van der Waals surface area (Å²) in [6.45, 7) is 0.694. The third-order valence-corrected chi connectivity index (χ3v) is 4.76. The van der Waals surface area contributed by atoms with E-state index in [9.17, 15) is 4.79 Å². The average Bonchev–Trinajstić information content (AvgIpc) is 3.17. The zero-order valence-corrected chi connectivity index (χ0v) is 15.8. The molecule has 0 bridgehead atoms. The fourth-order valence-electron chi connectivity index (χ4n) is 3.28. The third-order valence-electron chi connectivity index (χ3n) is 4.76. The highest BCUT2D eigenvalue weighted by Crippen LogP contribution is 2.24. The van der Waals surface area contributed by atoms with Crippen molar-refractivity contribution in [1.82, 2.24) is 15.5 Å². The molecule has 1 aromatic heterocycles. The summed E-state index contributed by atoms with van der Waals surface area (Å²) in [7, 11) is 1.61. The summed E-state index contributed by atoms with van der Waals surface area (Å²) in [4.78, 5) is 12.0. The van der Waals surface area contributed by atoms with Crippen LogP contribution in [0, 0.1) is 0 Å².